The normalized spacial score (nSPS) is 25.3. The summed E-state index contributed by atoms with van der Waals surface area (Å²) in [4.78, 5) is 13.5. The van der Waals surface area contributed by atoms with Crippen LogP contribution in [-0.2, 0) is 21.5 Å². The Morgan fingerprint density at radius 2 is 2.12 bits per heavy atom. The maximum Gasteiger partial charge on any atom is 0.250 e. The van der Waals surface area contributed by atoms with E-state index in [1.165, 1.54) is 0 Å². The highest BCUT2D eigenvalue weighted by molar-refractivity contribution is 6.00. The van der Waals surface area contributed by atoms with E-state index in [9.17, 15) is 4.79 Å². The third kappa shape index (κ3) is 3.49. The highest BCUT2D eigenvalue weighted by atomic mass is 16.5. The predicted octanol–water partition coefficient (Wildman–Crippen LogP) is 3.68. The number of rotatable bonds is 6. The lowest BCUT2D eigenvalue weighted by atomic mass is 9.62. The number of hydrogen-bond donors (Lipinski definition) is 2. The largest absolute Gasteiger partial charge is 0.383 e. The third-order valence-electron chi connectivity index (χ3n) is 6.88. The molecule has 2 aromatic rings. The molecule has 172 valence electrons. The molecule has 0 radical (unpaired) electrons. The van der Waals surface area contributed by atoms with Crippen LogP contribution in [0.5, 0.6) is 0 Å². The molecule has 2 atom stereocenters. The van der Waals surface area contributed by atoms with Crippen molar-refractivity contribution in [3.8, 4) is 11.1 Å². The number of carbonyl (C=O) groups excluding carboxylic acids is 1. The van der Waals surface area contributed by atoms with Gasteiger partial charge in [0.05, 0.1) is 36.5 Å². The molecule has 5 rings (SSSR count). The van der Waals surface area contributed by atoms with Crippen LogP contribution in [0.2, 0.25) is 0 Å². The Labute approximate surface area is 193 Å². The molecule has 8 nitrogen and oxygen atoms in total. The van der Waals surface area contributed by atoms with Crippen LogP contribution < -0.4 is 10.6 Å². The van der Waals surface area contributed by atoms with Crippen molar-refractivity contribution < 1.29 is 9.53 Å². The Bertz CT molecular complexity index is 1190. The topological polar surface area (TPSA) is 92.9 Å². The van der Waals surface area contributed by atoms with Crippen LogP contribution in [0, 0.1) is 0 Å². The van der Waals surface area contributed by atoms with E-state index in [1.54, 1.807) is 7.11 Å². The van der Waals surface area contributed by atoms with E-state index >= 15 is 0 Å². The molecule has 0 bridgehead atoms. The molecule has 0 fully saturated rings. The van der Waals surface area contributed by atoms with E-state index < -0.39 is 5.41 Å². The molecule has 1 aromatic carbocycles. The van der Waals surface area contributed by atoms with E-state index in [4.69, 9.17) is 4.74 Å². The molecule has 0 spiro atoms. The standard InChI is InChI=1S/C25H30N6O2/c1-5-25(18-8-6-7-16(11-18)17-13-27-31(15-17)9-10-33-4)19-14-26-30-22(19)28-20-12-24(2,3)29-23(32)21(20)25/h6-8,11,13-15,22,28H,5,9-10,12H2,1-4H3,(H,29,32)/t22?,25-/m0/s1. The van der Waals surface area contributed by atoms with Crippen LogP contribution in [0.3, 0.4) is 0 Å². The van der Waals surface area contributed by atoms with Crippen molar-refractivity contribution in [3.63, 3.8) is 0 Å². The average molecular weight is 447 g/mol. The first-order valence-corrected chi connectivity index (χ1v) is 11.4. The van der Waals surface area contributed by atoms with Crippen LogP contribution in [-0.4, -0.2) is 41.1 Å². The van der Waals surface area contributed by atoms with Gasteiger partial charge in [0.1, 0.15) is 0 Å². The molecule has 4 heterocycles. The van der Waals surface area contributed by atoms with Gasteiger partial charge in [0.15, 0.2) is 6.17 Å². The van der Waals surface area contributed by atoms with Crippen molar-refractivity contribution in [2.45, 2.75) is 57.3 Å². The van der Waals surface area contributed by atoms with Crippen molar-refractivity contribution in [3.05, 3.63) is 65.3 Å². The number of hydrogen-bond acceptors (Lipinski definition) is 6. The van der Waals surface area contributed by atoms with Crippen molar-refractivity contribution in [1.82, 2.24) is 20.4 Å². The van der Waals surface area contributed by atoms with Crippen LogP contribution in [0.15, 0.2) is 69.9 Å². The fraction of sp³-hybridized carbons (Fsp3) is 0.440. The second-order valence-corrected chi connectivity index (χ2v) is 9.56. The summed E-state index contributed by atoms with van der Waals surface area (Å²) in [5, 5.41) is 19.9. The molecule has 1 unspecified atom stereocenters. The molecule has 0 aliphatic carbocycles. The molecular formula is C25H30N6O2. The van der Waals surface area contributed by atoms with Crippen LogP contribution in [0.4, 0.5) is 0 Å². The first-order valence-electron chi connectivity index (χ1n) is 11.4. The zero-order valence-corrected chi connectivity index (χ0v) is 19.6. The molecule has 0 saturated heterocycles. The Balaban J connectivity index is 1.64. The number of ether oxygens (including phenoxy) is 1. The fourth-order valence-corrected chi connectivity index (χ4v) is 5.39. The van der Waals surface area contributed by atoms with Crippen LogP contribution in [0.1, 0.15) is 39.2 Å². The molecule has 2 N–H and O–H groups in total. The highest BCUT2D eigenvalue weighted by Gasteiger charge is 2.53. The number of fused-ring (bicyclic) bond motifs is 1. The molecule has 3 aliphatic rings. The second-order valence-electron chi connectivity index (χ2n) is 9.56. The number of benzene rings is 1. The Hall–Kier alpha value is -3.26. The highest BCUT2D eigenvalue weighted by Crippen LogP contribution is 2.51. The van der Waals surface area contributed by atoms with E-state index in [1.807, 2.05) is 37.1 Å². The maximum absolute atomic E-state index is 13.5. The van der Waals surface area contributed by atoms with Crippen molar-refractivity contribution in [2.24, 2.45) is 10.2 Å². The van der Waals surface area contributed by atoms with Gasteiger partial charge >= 0.3 is 0 Å². The van der Waals surface area contributed by atoms with Gasteiger partial charge in [-0.05, 0) is 37.5 Å². The maximum atomic E-state index is 13.5. The molecule has 1 aromatic heterocycles. The molecule has 8 heteroatoms. The number of aromatic nitrogens is 2. The minimum absolute atomic E-state index is 0.0281. The minimum Gasteiger partial charge on any atom is -0.383 e. The van der Waals surface area contributed by atoms with Gasteiger partial charge in [0.2, 0.25) is 0 Å². The van der Waals surface area contributed by atoms with Crippen molar-refractivity contribution >= 4 is 5.91 Å². The lowest BCUT2D eigenvalue weighted by Crippen LogP contribution is -2.58. The monoisotopic (exact) mass is 446 g/mol. The number of amides is 1. The van der Waals surface area contributed by atoms with Gasteiger partial charge in [0.25, 0.3) is 5.91 Å². The van der Waals surface area contributed by atoms with E-state index in [0.717, 1.165) is 46.4 Å². The van der Waals surface area contributed by atoms with Crippen molar-refractivity contribution in [2.75, 3.05) is 13.7 Å². The number of methoxy groups -OCH3 is 1. The first-order chi connectivity index (χ1) is 15.9. The number of azo groups is 1. The third-order valence-corrected chi connectivity index (χ3v) is 6.88. The summed E-state index contributed by atoms with van der Waals surface area (Å²) in [6.45, 7) is 7.54. The van der Waals surface area contributed by atoms with Gasteiger partial charge in [-0.15, -0.1) is 0 Å². The predicted molar refractivity (Wildman–Crippen MR) is 125 cm³/mol. The first kappa shape index (κ1) is 21.6. The lowest BCUT2D eigenvalue weighted by Gasteiger charge is -2.48. The van der Waals surface area contributed by atoms with Gasteiger partial charge in [-0.2, -0.15) is 15.3 Å². The van der Waals surface area contributed by atoms with Gasteiger partial charge in [-0.25, -0.2) is 0 Å². The Kier molecular flexibility index (Phi) is 5.20. The van der Waals surface area contributed by atoms with Crippen LogP contribution in [0.25, 0.3) is 11.1 Å². The zero-order chi connectivity index (χ0) is 23.2. The summed E-state index contributed by atoms with van der Waals surface area (Å²) < 4.78 is 7.05. The van der Waals surface area contributed by atoms with Crippen LogP contribution >= 0.6 is 0 Å². The lowest BCUT2D eigenvalue weighted by molar-refractivity contribution is -0.120. The zero-order valence-electron chi connectivity index (χ0n) is 19.6. The number of nitrogens with zero attached hydrogens (tertiary/aromatic N) is 4. The van der Waals surface area contributed by atoms with E-state index in [2.05, 4.69) is 57.1 Å². The number of nitrogens with one attached hydrogen (secondary N) is 2. The second kappa shape index (κ2) is 7.95. The molecule has 3 aliphatic heterocycles. The van der Waals surface area contributed by atoms with Crippen molar-refractivity contribution in [1.29, 1.82) is 0 Å². The van der Waals surface area contributed by atoms with Gasteiger partial charge < -0.3 is 15.4 Å². The SMILES string of the molecule is CC[C@]1(c2cccc(-c3cnn(CCOC)c3)c2)C2=CN=NC2NC2=C1C(=O)NC(C)(C)C2. The summed E-state index contributed by atoms with van der Waals surface area (Å²) in [6.07, 6.45) is 6.94. The molecular weight excluding hydrogens is 416 g/mol. The quantitative estimate of drug-likeness (QED) is 0.708. The smallest absolute Gasteiger partial charge is 0.250 e. The Morgan fingerprint density at radius 3 is 2.91 bits per heavy atom. The summed E-state index contributed by atoms with van der Waals surface area (Å²) in [5.41, 5.74) is 5.01. The molecule has 0 saturated carbocycles. The summed E-state index contributed by atoms with van der Waals surface area (Å²) in [6, 6.07) is 8.43. The number of carbonyl (C=O) groups is 1. The molecule has 33 heavy (non-hydrogen) atoms. The summed E-state index contributed by atoms with van der Waals surface area (Å²) in [5.74, 6) is -0.0281. The van der Waals surface area contributed by atoms with Gasteiger partial charge in [-0.3, -0.25) is 9.48 Å². The molecule has 1 amide bonds. The average Bonchev–Trinajstić information content (AvgIpc) is 3.45. The van der Waals surface area contributed by atoms with Gasteiger partial charge in [-0.1, -0.05) is 25.1 Å². The Morgan fingerprint density at radius 1 is 1.27 bits per heavy atom. The van der Waals surface area contributed by atoms with E-state index in [-0.39, 0.29) is 17.6 Å². The van der Waals surface area contributed by atoms with E-state index in [0.29, 0.717) is 13.2 Å². The summed E-state index contributed by atoms with van der Waals surface area (Å²) in [7, 11) is 1.69. The summed E-state index contributed by atoms with van der Waals surface area (Å²) >= 11 is 0. The fourth-order valence-electron chi connectivity index (χ4n) is 5.39. The minimum atomic E-state index is -0.600. The van der Waals surface area contributed by atoms with Gasteiger partial charge in [0, 0.05) is 42.1 Å².